The van der Waals surface area contributed by atoms with Crippen molar-refractivity contribution in [2.75, 3.05) is 6.54 Å². The predicted octanol–water partition coefficient (Wildman–Crippen LogP) is 4.95. The van der Waals surface area contributed by atoms with E-state index in [0.717, 1.165) is 24.9 Å². The quantitative estimate of drug-likeness (QED) is 0.464. The lowest BCUT2D eigenvalue weighted by Gasteiger charge is -2.35. The Labute approximate surface area is 212 Å². The maximum atomic E-state index is 16.1. The molecule has 2 aliphatic heterocycles. The fourth-order valence-corrected chi connectivity index (χ4v) is 6.45. The van der Waals surface area contributed by atoms with Gasteiger partial charge in [-0.3, -0.25) is 4.79 Å². The van der Waals surface area contributed by atoms with Crippen LogP contribution in [0.5, 0.6) is 5.75 Å². The van der Waals surface area contributed by atoms with Crippen LogP contribution >= 0.6 is 11.6 Å². The zero-order chi connectivity index (χ0) is 25.2. The van der Waals surface area contributed by atoms with Gasteiger partial charge in [0.15, 0.2) is 5.60 Å². The van der Waals surface area contributed by atoms with E-state index in [9.17, 15) is 9.90 Å². The third kappa shape index (κ3) is 3.37. The van der Waals surface area contributed by atoms with Crippen molar-refractivity contribution in [3.05, 3.63) is 86.9 Å². The minimum absolute atomic E-state index is 0.0515. The van der Waals surface area contributed by atoms with E-state index in [-0.39, 0.29) is 45.5 Å². The fourth-order valence-electron chi connectivity index (χ4n) is 6.18. The minimum Gasteiger partial charge on any atom is -0.480 e. The topological polar surface area (TPSA) is 84.6 Å². The lowest BCUT2D eigenvalue weighted by atomic mass is 9.80. The Morgan fingerprint density at radius 3 is 2.64 bits per heavy atom. The van der Waals surface area contributed by atoms with Gasteiger partial charge in [-0.2, -0.15) is 0 Å². The first kappa shape index (κ1) is 23.4. The highest BCUT2D eigenvalue weighted by molar-refractivity contribution is 6.34. The van der Waals surface area contributed by atoms with E-state index in [1.807, 2.05) is 30.3 Å². The average molecular weight is 511 g/mol. The Morgan fingerprint density at radius 2 is 1.94 bits per heavy atom. The molecule has 3 aromatic rings. The second-order valence-corrected chi connectivity index (χ2v) is 10.2. The monoisotopic (exact) mass is 510 g/mol. The summed E-state index contributed by atoms with van der Waals surface area (Å²) in [6, 6.07) is 12.3. The summed E-state index contributed by atoms with van der Waals surface area (Å²) >= 11 is 6.52. The lowest BCUT2D eigenvalue weighted by molar-refractivity contribution is 0.0539. The number of aliphatic hydroxyl groups is 1. The van der Waals surface area contributed by atoms with Crippen molar-refractivity contribution < 1.29 is 23.4 Å². The smallest absolute Gasteiger partial charge is 0.249 e. The molecule has 0 bridgehead atoms. The molecular weight excluding hydrogens is 486 g/mol. The van der Waals surface area contributed by atoms with Crippen molar-refractivity contribution >= 4 is 17.5 Å². The second kappa shape index (κ2) is 8.54. The summed E-state index contributed by atoms with van der Waals surface area (Å²) in [7, 11) is 0. The molecule has 3 aliphatic rings. The van der Waals surface area contributed by atoms with E-state index in [0.29, 0.717) is 24.0 Å². The van der Waals surface area contributed by atoms with E-state index < -0.39 is 29.2 Å². The molecule has 0 saturated carbocycles. The molecule has 6 rings (SSSR count). The van der Waals surface area contributed by atoms with Crippen LogP contribution in [0.15, 0.2) is 42.5 Å². The average Bonchev–Trinajstić information content (AvgIpc) is 3.61. The van der Waals surface area contributed by atoms with Crippen LogP contribution in [-0.4, -0.2) is 23.6 Å². The maximum absolute atomic E-state index is 16.1. The molecule has 8 heteroatoms. The Kier molecular flexibility index (Phi) is 5.55. The van der Waals surface area contributed by atoms with Crippen molar-refractivity contribution in [1.82, 2.24) is 5.32 Å². The number of fused-ring (bicyclic) bond motifs is 2. The van der Waals surface area contributed by atoms with Gasteiger partial charge >= 0.3 is 0 Å². The molecule has 0 spiro atoms. The summed E-state index contributed by atoms with van der Waals surface area (Å²) in [4.78, 5) is 12.5. The number of hydrogen-bond acceptors (Lipinski definition) is 4. The van der Waals surface area contributed by atoms with Crippen LogP contribution in [0.2, 0.25) is 5.02 Å². The number of ether oxygens (including phenoxy) is 1. The fraction of sp³-hybridized carbons (Fsp3) is 0.321. The summed E-state index contributed by atoms with van der Waals surface area (Å²) in [5.74, 6) is -2.19. The number of halogens is 3. The first-order valence-corrected chi connectivity index (χ1v) is 12.5. The van der Waals surface area contributed by atoms with Gasteiger partial charge < -0.3 is 20.9 Å². The van der Waals surface area contributed by atoms with Crippen molar-refractivity contribution in [2.24, 2.45) is 5.73 Å². The molecule has 0 radical (unpaired) electrons. The summed E-state index contributed by atoms with van der Waals surface area (Å²) in [5, 5.41) is 13.7. The molecule has 3 atom stereocenters. The van der Waals surface area contributed by atoms with Gasteiger partial charge in [-0.15, -0.1) is 0 Å². The Balaban J connectivity index is 1.61. The van der Waals surface area contributed by atoms with Crippen LogP contribution in [0.3, 0.4) is 0 Å². The summed E-state index contributed by atoms with van der Waals surface area (Å²) in [6.45, 7) is 0.824. The lowest BCUT2D eigenvalue weighted by Crippen LogP contribution is -2.48. The SMILES string of the molecule is NC(=O)c1cc2c(c(F)c1-c1c(Cl)c(F)cc3c1CC(c1ccccc1)([C@@H]1CCCN1)O3)[C@H](O)CC2. The van der Waals surface area contributed by atoms with Crippen molar-refractivity contribution in [1.29, 1.82) is 0 Å². The molecule has 186 valence electrons. The number of carbonyl (C=O) groups is 1. The van der Waals surface area contributed by atoms with E-state index in [2.05, 4.69) is 5.32 Å². The normalized spacial score (nSPS) is 24.4. The minimum atomic E-state index is -1.02. The first-order chi connectivity index (χ1) is 17.3. The standard InChI is InChI=1S/C28H25ClF2N2O3/c29-25-18(30)12-20-17(13-28(36-20,21-7-4-10-33-21)15-5-2-1-3-6-15)23(25)24-16(27(32)35)11-14-8-9-19(34)22(14)26(24)31/h1-3,5-6,11-12,19,21,33-34H,4,7-10,13H2,(H2,32,35)/t19-,21+,28?/m1/s1. The Bertz CT molecular complexity index is 1390. The number of nitrogens with two attached hydrogens (primary N) is 1. The van der Waals surface area contributed by atoms with Crippen LogP contribution in [-0.2, 0) is 18.4 Å². The molecule has 5 nitrogen and oxygen atoms in total. The number of hydrogen-bond donors (Lipinski definition) is 3. The zero-order valence-electron chi connectivity index (χ0n) is 19.4. The molecule has 1 fully saturated rings. The van der Waals surface area contributed by atoms with Crippen LogP contribution in [0.25, 0.3) is 11.1 Å². The Hall–Kier alpha value is -3.00. The number of aliphatic hydroxyl groups excluding tert-OH is 1. The van der Waals surface area contributed by atoms with Crippen molar-refractivity contribution in [3.8, 4) is 16.9 Å². The number of nitrogens with one attached hydrogen (secondary N) is 1. The van der Waals surface area contributed by atoms with Gasteiger partial charge in [-0.25, -0.2) is 8.78 Å². The van der Waals surface area contributed by atoms with Gasteiger partial charge in [-0.05, 0) is 49.4 Å². The molecule has 0 aromatic heterocycles. The summed E-state index contributed by atoms with van der Waals surface area (Å²) in [5.41, 5.74) is 6.63. The maximum Gasteiger partial charge on any atom is 0.249 e. The van der Waals surface area contributed by atoms with Crippen LogP contribution in [0.1, 0.15) is 58.0 Å². The summed E-state index contributed by atoms with van der Waals surface area (Å²) in [6.07, 6.45) is 1.82. The van der Waals surface area contributed by atoms with Gasteiger partial charge in [0, 0.05) is 34.7 Å². The molecular formula is C28H25ClF2N2O3. The predicted molar refractivity (Wildman–Crippen MR) is 132 cm³/mol. The number of carbonyl (C=O) groups excluding carboxylic acids is 1. The van der Waals surface area contributed by atoms with E-state index in [1.165, 1.54) is 12.1 Å². The van der Waals surface area contributed by atoms with Gasteiger partial charge in [0.25, 0.3) is 0 Å². The number of benzene rings is 3. The van der Waals surface area contributed by atoms with Crippen LogP contribution in [0.4, 0.5) is 8.78 Å². The van der Waals surface area contributed by atoms with Gasteiger partial charge in [-0.1, -0.05) is 41.9 Å². The van der Waals surface area contributed by atoms with E-state index in [1.54, 1.807) is 0 Å². The van der Waals surface area contributed by atoms with Crippen molar-refractivity contribution in [2.45, 2.75) is 49.9 Å². The molecule has 1 aliphatic carbocycles. The second-order valence-electron chi connectivity index (χ2n) is 9.81. The number of aryl methyl sites for hydroxylation is 1. The molecule has 3 aromatic carbocycles. The molecule has 1 unspecified atom stereocenters. The third-order valence-corrected chi connectivity index (χ3v) is 8.20. The molecule has 4 N–H and O–H groups in total. The van der Waals surface area contributed by atoms with Crippen LogP contribution < -0.4 is 15.8 Å². The first-order valence-electron chi connectivity index (χ1n) is 12.1. The van der Waals surface area contributed by atoms with Gasteiger partial charge in [0.05, 0.1) is 22.7 Å². The zero-order valence-corrected chi connectivity index (χ0v) is 20.2. The van der Waals surface area contributed by atoms with Crippen LogP contribution in [0, 0.1) is 11.6 Å². The molecule has 36 heavy (non-hydrogen) atoms. The number of primary amides is 1. The van der Waals surface area contributed by atoms with E-state index in [4.69, 9.17) is 22.1 Å². The number of amides is 1. The molecule has 1 saturated heterocycles. The van der Waals surface area contributed by atoms with Gasteiger partial charge in [0.2, 0.25) is 5.91 Å². The van der Waals surface area contributed by atoms with E-state index >= 15 is 8.78 Å². The highest BCUT2D eigenvalue weighted by atomic mass is 35.5. The largest absolute Gasteiger partial charge is 0.480 e. The molecule has 1 amide bonds. The highest BCUT2D eigenvalue weighted by Gasteiger charge is 2.50. The number of rotatable bonds is 4. The molecule has 2 heterocycles. The Morgan fingerprint density at radius 1 is 1.17 bits per heavy atom. The summed E-state index contributed by atoms with van der Waals surface area (Å²) < 4.78 is 37.9. The third-order valence-electron chi connectivity index (χ3n) is 7.83. The highest BCUT2D eigenvalue weighted by Crippen LogP contribution is 2.53. The van der Waals surface area contributed by atoms with Gasteiger partial charge in [0.1, 0.15) is 17.4 Å². The van der Waals surface area contributed by atoms with Crippen molar-refractivity contribution in [3.63, 3.8) is 0 Å².